The van der Waals surface area contributed by atoms with Crippen molar-refractivity contribution in [2.75, 3.05) is 6.54 Å². The molecule has 10 aromatic carbocycles. The van der Waals surface area contributed by atoms with Crippen LogP contribution in [0.3, 0.4) is 0 Å². The molecule has 15 rings (SSSR count). The number of fused-ring (bicyclic) bond motifs is 9. The first-order valence-corrected chi connectivity index (χ1v) is 25.4. The maximum absolute atomic E-state index is 5.15. The van der Waals surface area contributed by atoms with Crippen LogP contribution in [0.1, 0.15) is 11.9 Å². The summed E-state index contributed by atoms with van der Waals surface area (Å²) in [5.41, 5.74) is 15.7. The molecule has 0 fully saturated rings. The Labute approximate surface area is 431 Å². The average Bonchev–Trinajstić information content (AvgIpc) is 4.13. The minimum Gasteiger partial charge on any atom is -0.330 e. The van der Waals surface area contributed by atoms with E-state index >= 15 is 0 Å². The Hall–Kier alpha value is -10.1. The topological polar surface area (TPSA) is 78.2 Å². The molecule has 1 aliphatic heterocycles. The average molecular weight is 961 g/mol. The fourth-order valence-corrected chi connectivity index (χ4v) is 11.4. The number of nitrogens with zero attached hydrogens (tertiary/aromatic N) is 8. The largest absolute Gasteiger partial charge is 0.330 e. The summed E-state index contributed by atoms with van der Waals surface area (Å²) in [6.07, 6.45) is 2.02. The van der Waals surface area contributed by atoms with Crippen molar-refractivity contribution in [3.8, 4) is 56.4 Å². The lowest BCUT2D eigenvalue weighted by molar-refractivity contribution is 0.694. The van der Waals surface area contributed by atoms with Gasteiger partial charge >= 0.3 is 0 Å². The van der Waals surface area contributed by atoms with Crippen LogP contribution in [0.2, 0.25) is 0 Å². The van der Waals surface area contributed by atoms with Gasteiger partial charge in [0.15, 0.2) is 17.5 Å². The second kappa shape index (κ2) is 17.3. The van der Waals surface area contributed by atoms with Gasteiger partial charge in [-0.1, -0.05) is 158 Å². The summed E-state index contributed by atoms with van der Waals surface area (Å²) < 4.78 is 7.15. The van der Waals surface area contributed by atoms with Crippen molar-refractivity contribution in [1.29, 1.82) is 0 Å². The third kappa shape index (κ3) is 7.10. The van der Waals surface area contributed by atoms with E-state index in [2.05, 4.69) is 196 Å². The van der Waals surface area contributed by atoms with Crippen LogP contribution in [0, 0.1) is 0 Å². The lowest BCUT2D eigenvalue weighted by Gasteiger charge is -2.19. The van der Waals surface area contributed by atoms with E-state index in [1.165, 1.54) is 54.4 Å². The summed E-state index contributed by atoms with van der Waals surface area (Å²) in [6.45, 7) is 0.457. The number of amidine groups is 1. The van der Waals surface area contributed by atoms with Gasteiger partial charge in [-0.25, -0.2) is 19.9 Å². The number of benzene rings is 10. The second-order valence-electron chi connectivity index (χ2n) is 19.2. The van der Waals surface area contributed by atoms with Gasteiger partial charge in [-0.15, -0.1) is 0 Å². The Morgan fingerprint density at radius 2 is 0.667 bits per heavy atom. The summed E-state index contributed by atoms with van der Waals surface area (Å²) in [6, 6.07) is 86.2. The molecule has 1 atom stereocenters. The van der Waals surface area contributed by atoms with E-state index in [-0.39, 0.29) is 6.04 Å². The lowest BCUT2D eigenvalue weighted by Crippen LogP contribution is -2.21. The molecule has 0 saturated heterocycles. The maximum atomic E-state index is 5.15. The molecule has 0 N–H and O–H groups in total. The second-order valence-corrected chi connectivity index (χ2v) is 19.2. The highest BCUT2D eigenvalue weighted by Crippen LogP contribution is 2.41. The third-order valence-corrected chi connectivity index (χ3v) is 14.9. The van der Waals surface area contributed by atoms with Crippen LogP contribution in [0.15, 0.2) is 253 Å². The molecule has 0 saturated carbocycles. The Balaban J connectivity index is 0.873. The van der Waals surface area contributed by atoms with Crippen LogP contribution in [0.5, 0.6) is 0 Å². The first-order chi connectivity index (χ1) is 37.2. The molecule has 0 amide bonds. The molecule has 75 heavy (non-hydrogen) atoms. The SMILES string of the molecule is C1=NC(c2nc(-c3ccccc3)nc(-c3ccccc3)n2)=NCC1n1c2ccc(-c3ccc4c(c3)c3ccccc3n4-c3ccccc3)cc2c2cc(-c3ccc4c(c3)c3ccccc3n4-c3ccccc3)ccc21. The third-order valence-electron chi connectivity index (χ3n) is 14.9. The molecule has 1 aliphatic rings. The van der Waals surface area contributed by atoms with Gasteiger partial charge in [-0.05, 0) is 107 Å². The highest BCUT2D eigenvalue weighted by Gasteiger charge is 2.24. The minimum absolute atomic E-state index is 0.171. The Morgan fingerprint density at radius 3 is 1.09 bits per heavy atom. The van der Waals surface area contributed by atoms with Gasteiger partial charge in [-0.2, -0.15) is 0 Å². The maximum Gasteiger partial charge on any atom is 0.201 e. The molecule has 0 bridgehead atoms. The highest BCUT2D eigenvalue weighted by molar-refractivity contribution is 6.15. The van der Waals surface area contributed by atoms with Gasteiger partial charge in [0.25, 0.3) is 0 Å². The summed E-state index contributed by atoms with van der Waals surface area (Å²) in [4.78, 5) is 25.0. The van der Waals surface area contributed by atoms with Gasteiger partial charge in [0, 0.05) is 72.1 Å². The smallest absolute Gasteiger partial charge is 0.201 e. The molecule has 8 nitrogen and oxygen atoms in total. The summed E-state index contributed by atoms with van der Waals surface area (Å²) in [5, 5.41) is 7.23. The number of aliphatic imine (C=N–C) groups is 2. The van der Waals surface area contributed by atoms with Crippen molar-refractivity contribution >= 4 is 77.5 Å². The standard InChI is InChI=1S/C67H44N8/c1-5-17-43(18-6-1)64-70-65(44-19-7-2-8-20-44)72-67(71-64)66-68-41-51(42-69-66)75-62-35-31-47(45-29-33-60-54(37-45)52-25-13-15-27-58(52)73(60)49-21-9-3-10-22-49)39-56(62)57-40-48(32-36-63(57)75)46-30-34-61-55(38-46)53-26-14-16-28-59(53)74(61)50-23-11-4-12-24-50/h1-41,51H,42H2. The number of hydrogen-bond acceptors (Lipinski definition) is 5. The van der Waals surface area contributed by atoms with Gasteiger partial charge < -0.3 is 13.7 Å². The lowest BCUT2D eigenvalue weighted by atomic mass is 9.98. The molecule has 352 valence electrons. The fraction of sp³-hybridized carbons (Fsp3) is 0.0299. The predicted molar refractivity (Wildman–Crippen MR) is 309 cm³/mol. The van der Waals surface area contributed by atoms with Crippen molar-refractivity contribution in [2.24, 2.45) is 9.98 Å². The van der Waals surface area contributed by atoms with E-state index in [9.17, 15) is 0 Å². The van der Waals surface area contributed by atoms with E-state index in [1.54, 1.807) is 0 Å². The molecule has 0 aliphatic carbocycles. The van der Waals surface area contributed by atoms with Crippen LogP contribution in [-0.2, 0) is 0 Å². The van der Waals surface area contributed by atoms with Crippen molar-refractivity contribution in [1.82, 2.24) is 28.7 Å². The van der Waals surface area contributed by atoms with Crippen LogP contribution in [0.4, 0.5) is 0 Å². The Bertz CT molecular complexity index is 4340. The van der Waals surface area contributed by atoms with Crippen molar-refractivity contribution < 1.29 is 0 Å². The predicted octanol–water partition coefficient (Wildman–Crippen LogP) is 15.9. The monoisotopic (exact) mass is 960 g/mol. The van der Waals surface area contributed by atoms with Crippen LogP contribution in [-0.4, -0.2) is 47.2 Å². The summed E-state index contributed by atoms with van der Waals surface area (Å²) >= 11 is 0. The molecule has 8 heteroatoms. The zero-order valence-electron chi connectivity index (χ0n) is 40.5. The fourth-order valence-electron chi connectivity index (χ4n) is 11.4. The van der Waals surface area contributed by atoms with Gasteiger partial charge in [-0.3, -0.25) is 4.99 Å². The molecule has 0 radical (unpaired) electrons. The van der Waals surface area contributed by atoms with Crippen molar-refractivity contribution in [3.05, 3.63) is 248 Å². The van der Waals surface area contributed by atoms with Crippen molar-refractivity contribution in [3.63, 3.8) is 0 Å². The van der Waals surface area contributed by atoms with Crippen molar-refractivity contribution in [2.45, 2.75) is 6.04 Å². The number of aromatic nitrogens is 6. The minimum atomic E-state index is -0.171. The van der Waals surface area contributed by atoms with E-state index < -0.39 is 0 Å². The summed E-state index contributed by atoms with van der Waals surface area (Å²) in [5.74, 6) is 2.09. The Morgan fingerprint density at radius 1 is 0.307 bits per heavy atom. The van der Waals surface area contributed by atoms with Crippen LogP contribution >= 0.6 is 0 Å². The Kier molecular flexibility index (Phi) is 9.84. The molecular formula is C67H44N8. The van der Waals surface area contributed by atoms with Crippen LogP contribution in [0.25, 0.3) is 122 Å². The number of para-hydroxylation sites is 4. The van der Waals surface area contributed by atoms with E-state index in [0.29, 0.717) is 29.9 Å². The summed E-state index contributed by atoms with van der Waals surface area (Å²) in [7, 11) is 0. The first kappa shape index (κ1) is 42.6. The molecule has 1 unspecified atom stereocenters. The van der Waals surface area contributed by atoms with E-state index in [0.717, 1.165) is 55.8 Å². The zero-order chi connectivity index (χ0) is 49.4. The quantitative estimate of drug-likeness (QED) is 0.152. The zero-order valence-corrected chi connectivity index (χ0v) is 40.5. The van der Waals surface area contributed by atoms with Gasteiger partial charge in [0.05, 0.1) is 34.7 Å². The molecule has 5 heterocycles. The number of rotatable bonds is 8. The molecule has 14 aromatic rings. The normalized spacial score (nSPS) is 13.7. The van der Waals surface area contributed by atoms with E-state index in [4.69, 9.17) is 24.9 Å². The van der Waals surface area contributed by atoms with Gasteiger partial charge in [0.1, 0.15) is 0 Å². The molecule has 0 spiro atoms. The van der Waals surface area contributed by atoms with Crippen LogP contribution < -0.4 is 0 Å². The van der Waals surface area contributed by atoms with E-state index in [1.807, 2.05) is 66.9 Å². The number of hydrogen-bond donors (Lipinski definition) is 0. The van der Waals surface area contributed by atoms with Gasteiger partial charge in [0.2, 0.25) is 5.82 Å². The first-order valence-electron chi connectivity index (χ1n) is 25.4. The molecule has 4 aromatic heterocycles. The molecular weight excluding hydrogens is 917 g/mol. The highest BCUT2D eigenvalue weighted by atomic mass is 15.1.